The molecule has 9 rings (SSSR count). The summed E-state index contributed by atoms with van der Waals surface area (Å²) in [4.78, 5) is 31.1. The molecule has 8 heterocycles. The van der Waals surface area contributed by atoms with Crippen molar-refractivity contribution >= 4 is 46.2 Å². The van der Waals surface area contributed by atoms with Gasteiger partial charge in [-0.3, -0.25) is 9.59 Å². The second kappa shape index (κ2) is 13.7. The maximum absolute atomic E-state index is 13.8. The van der Waals surface area contributed by atoms with Gasteiger partial charge in [-0.15, -0.1) is 0 Å². The standard InChI is InChI=1S/C33H40F2N6O3S/c1-21-8-12-36-26-7-6-22(18-28(26)44-2)31(42)37-13-17-39-14-9-23(19-39)32(43)40-15-10-24(11-16-40)38-29-5-3-4-27-30(45-33(34)35)25(21)20-41(27)29/h3-8,18,20,23-24,33,36,38H,9-17,19H2,1-2H3,(H,37,42)/b21-8-/t23-/m1/s1. The second-order valence-corrected chi connectivity index (χ2v) is 12.9. The third-order valence-corrected chi connectivity index (χ3v) is 9.90. The van der Waals surface area contributed by atoms with Crippen LogP contribution in [-0.4, -0.2) is 90.7 Å². The third kappa shape index (κ3) is 6.91. The van der Waals surface area contributed by atoms with E-state index in [1.54, 1.807) is 25.3 Å². The van der Waals surface area contributed by atoms with Gasteiger partial charge in [0.05, 0.1) is 24.2 Å². The molecular weight excluding hydrogens is 598 g/mol. The molecule has 9 nitrogen and oxygen atoms in total. The number of alkyl halides is 2. The molecule has 2 fully saturated rings. The summed E-state index contributed by atoms with van der Waals surface area (Å²) in [5.74, 6) is -1.20. The van der Waals surface area contributed by atoms with Crippen molar-refractivity contribution in [2.75, 3.05) is 63.6 Å². The number of methoxy groups -OCH3 is 1. The van der Waals surface area contributed by atoms with Gasteiger partial charge in [-0.2, -0.15) is 8.78 Å². The largest absolute Gasteiger partial charge is 0.495 e. The quantitative estimate of drug-likeness (QED) is 0.338. The van der Waals surface area contributed by atoms with Crippen molar-refractivity contribution in [3.05, 3.63) is 59.8 Å². The number of amides is 2. The number of rotatable bonds is 3. The van der Waals surface area contributed by atoms with Crippen LogP contribution in [0.5, 0.6) is 5.75 Å². The molecule has 6 aliphatic rings. The van der Waals surface area contributed by atoms with Gasteiger partial charge >= 0.3 is 0 Å². The Morgan fingerprint density at radius 1 is 1.02 bits per heavy atom. The van der Waals surface area contributed by atoms with E-state index in [0.29, 0.717) is 67.2 Å². The van der Waals surface area contributed by atoms with E-state index >= 15 is 0 Å². The molecule has 3 aromatic rings. The first-order chi connectivity index (χ1) is 21.8. The van der Waals surface area contributed by atoms with E-state index in [-0.39, 0.29) is 23.8 Å². The van der Waals surface area contributed by atoms with Gasteiger partial charge in [0, 0.05) is 67.5 Å². The number of piperidine rings is 1. The van der Waals surface area contributed by atoms with E-state index in [4.69, 9.17) is 4.74 Å². The van der Waals surface area contributed by atoms with Crippen molar-refractivity contribution in [1.82, 2.24) is 19.5 Å². The van der Waals surface area contributed by atoms with Crippen LogP contribution in [-0.2, 0) is 4.79 Å². The Morgan fingerprint density at radius 3 is 2.62 bits per heavy atom. The van der Waals surface area contributed by atoms with E-state index in [2.05, 4.69) is 20.9 Å². The van der Waals surface area contributed by atoms with E-state index in [0.717, 1.165) is 54.0 Å². The lowest BCUT2D eigenvalue weighted by Gasteiger charge is -2.34. The smallest absolute Gasteiger partial charge is 0.289 e. The highest BCUT2D eigenvalue weighted by Gasteiger charge is 2.33. The summed E-state index contributed by atoms with van der Waals surface area (Å²) in [5, 5.41) is 9.97. The Balaban J connectivity index is 1.31. The monoisotopic (exact) mass is 638 g/mol. The number of ether oxygens (including phenoxy) is 1. The first kappa shape index (κ1) is 31.2. The van der Waals surface area contributed by atoms with E-state index in [1.165, 1.54) is 0 Å². The molecule has 0 spiro atoms. The van der Waals surface area contributed by atoms with Gasteiger partial charge < -0.3 is 34.9 Å². The fourth-order valence-electron chi connectivity index (χ4n) is 6.56. The van der Waals surface area contributed by atoms with Gasteiger partial charge in [-0.25, -0.2) is 0 Å². The molecule has 6 aliphatic heterocycles. The molecule has 0 aliphatic carbocycles. The number of anilines is 2. The highest BCUT2D eigenvalue weighted by molar-refractivity contribution is 7.99. The molecule has 0 saturated carbocycles. The first-order valence-electron chi connectivity index (χ1n) is 15.5. The number of carbonyl (C=O) groups excluding carboxylic acids is 2. The average Bonchev–Trinajstić information content (AvgIpc) is 3.66. The number of thioether (sulfide) groups is 1. The minimum absolute atomic E-state index is 0.0295. The highest BCUT2D eigenvalue weighted by Crippen LogP contribution is 2.38. The van der Waals surface area contributed by atoms with E-state index < -0.39 is 5.76 Å². The molecule has 1 aromatic carbocycles. The number of nitrogens with zero attached hydrogens (tertiary/aromatic N) is 3. The molecule has 12 heteroatoms. The summed E-state index contributed by atoms with van der Waals surface area (Å²) in [6, 6.07) is 11.2. The van der Waals surface area contributed by atoms with E-state index in [9.17, 15) is 18.4 Å². The third-order valence-electron chi connectivity index (χ3n) is 9.05. The van der Waals surface area contributed by atoms with Crippen LogP contribution in [0.2, 0.25) is 0 Å². The number of carbonyl (C=O) groups is 2. The molecule has 3 N–H and O–H groups in total. The van der Waals surface area contributed by atoms with Crippen LogP contribution >= 0.6 is 11.8 Å². The Kier molecular flexibility index (Phi) is 9.50. The van der Waals surface area contributed by atoms with Gasteiger partial charge in [-0.1, -0.05) is 23.9 Å². The van der Waals surface area contributed by atoms with Crippen LogP contribution < -0.4 is 20.7 Å². The lowest BCUT2D eigenvalue weighted by Crippen LogP contribution is -2.45. The van der Waals surface area contributed by atoms with Crippen LogP contribution in [0.4, 0.5) is 20.3 Å². The zero-order valence-electron chi connectivity index (χ0n) is 25.7. The van der Waals surface area contributed by atoms with Crippen LogP contribution in [0, 0.1) is 5.92 Å². The molecule has 1 unspecified atom stereocenters. The Labute approximate surface area is 266 Å². The van der Waals surface area contributed by atoms with Crippen molar-refractivity contribution < 1.29 is 23.1 Å². The minimum Gasteiger partial charge on any atom is -0.495 e. The first-order valence-corrected chi connectivity index (χ1v) is 16.4. The predicted molar refractivity (Wildman–Crippen MR) is 174 cm³/mol. The zero-order valence-corrected chi connectivity index (χ0v) is 26.5. The summed E-state index contributed by atoms with van der Waals surface area (Å²) < 4.78 is 35.1. The van der Waals surface area contributed by atoms with Gasteiger partial charge in [0.1, 0.15) is 11.6 Å². The molecule has 45 heavy (non-hydrogen) atoms. The summed E-state index contributed by atoms with van der Waals surface area (Å²) in [7, 11) is 1.56. The van der Waals surface area contributed by atoms with Gasteiger partial charge in [0.2, 0.25) is 5.91 Å². The number of nitrogens with one attached hydrogen (secondary N) is 3. The Bertz CT molecular complexity index is 1590. The van der Waals surface area contributed by atoms with E-state index in [1.807, 2.05) is 46.7 Å². The van der Waals surface area contributed by atoms with Crippen molar-refractivity contribution in [1.29, 1.82) is 0 Å². The maximum atomic E-state index is 13.8. The normalized spacial score (nSPS) is 24.2. The number of hydrogen-bond donors (Lipinski definition) is 3. The molecular formula is C33H40F2N6O3S. The maximum Gasteiger partial charge on any atom is 0.289 e. The van der Waals surface area contributed by atoms with Crippen LogP contribution in [0.15, 0.2) is 53.6 Å². The number of aromatic nitrogens is 1. The molecule has 2 aromatic heterocycles. The molecule has 2 amide bonds. The van der Waals surface area contributed by atoms with Crippen molar-refractivity contribution in [3.63, 3.8) is 0 Å². The van der Waals surface area contributed by atoms with Gasteiger partial charge in [0.15, 0.2) is 0 Å². The number of allylic oxidation sites excluding steroid dienone is 1. The summed E-state index contributed by atoms with van der Waals surface area (Å²) >= 11 is 0.558. The Hall–Kier alpha value is -3.77. The van der Waals surface area contributed by atoms with Crippen molar-refractivity contribution in [3.8, 4) is 5.75 Å². The van der Waals surface area contributed by atoms with Gasteiger partial charge in [-0.05, 0) is 68.6 Å². The summed E-state index contributed by atoms with van der Waals surface area (Å²) in [6.07, 6.45) is 6.33. The fraction of sp³-hybridized carbons (Fsp3) is 0.455. The average molecular weight is 639 g/mol. The lowest BCUT2D eigenvalue weighted by molar-refractivity contribution is -0.136. The number of benzene rings is 1. The van der Waals surface area contributed by atoms with Crippen molar-refractivity contribution in [2.45, 2.75) is 42.9 Å². The summed E-state index contributed by atoms with van der Waals surface area (Å²) in [5.41, 5.74) is 3.53. The van der Waals surface area contributed by atoms with Crippen LogP contribution in [0.3, 0.4) is 0 Å². The zero-order chi connectivity index (χ0) is 31.5. The topological polar surface area (TPSA) is 90.3 Å². The molecule has 240 valence electrons. The number of halogens is 2. The van der Waals surface area contributed by atoms with Crippen molar-refractivity contribution in [2.24, 2.45) is 5.92 Å². The number of pyridine rings is 1. The van der Waals surface area contributed by atoms with Crippen LogP contribution in [0.25, 0.3) is 11.1 Å². The highest BCUT2D eigenvalue weighted by atomic mass is 32.2. The lowest BCUT2D eigenvalue weighted by atomic mass is 10.0. The SMILES string of the molecule is COc1cc2ccc1NC/C=C(/C)c1cn3c(cccc3c1SC(F)F)NC1CCN(CC1)C(=O)[C@@H]1CCN(CCNC2=O)C1. The fourth-order valence-corrected chi connectivity index (χ4v) is 7.37. The molecule has 2 saturated heterocycles. The minimum atomic E-state index is -2.56. The molecule has 8 bridgehead atoms. The summed E-state index contributed by atoms with van der Waals surface area (Å²) in [6.45, 7) is 6.42. The van der Waals surface area contributed by atoms with Crippen LogP contribution in [0.1, 0.15) is 42.1 Å². The second-order valence-electron chi connectivity index (χ2n) is 11.9. The number of hydrogen-bond acceptors (Lipinski definition) is 7. The molecule has 2 atom stereocenters. The predicted octanol–water partition coefficient (Wildman–Crippen LogP) is 5.25. The van der Waals surface area contributed by atoms with Gasteiger partial charge in [0.25, 0.3) is 11.7 Å². The molecule has 0 radical (unpaired) electrons. The Morgan fingerprint density at radius 2 is 1.84 bits per heavy atom.